The maximum Gasteiger partial charge on any atom is 0.144 e. The Bertz CT molecular complexity index is 566. The fourth-order valence-corrected chi connectivity index (χ4v) is 2.73. The third kappa shape index (κ3) is 2.23. The molecule has 1 aliphatic rings. The minimum absolute atomic E-state index is 0.222. The van der Waals surface area contributed by atoms with Crippen molar-refractivity contribution >= 4 is 0 Å². The van der Waals surface area contributed by atoms with Crippen LogP contribution >= 0.6 is 0 Å². The van der Waals surface area contributed by atoms with Crippen molar-refractivity contribution in [1.29, 1.82) is 0 Å². The number of fused-ring (bicyclic) bond motifs is 1. The molecule has 0 fully saturated rings. The average Bonchev–Trinajstić information content (AvgIpc) is 2.54. The van der Waals surface area contributed by atoms with Crippen LogP contribution in [0.3, 0.4) is 0 Å². The summed E-state index contributed by atoms with van der Waals surface area (Å²) in [7, 11) is 1.73. The molecule has 2 aromatic carbocycles. The summed E-state index contributed by atoms with van der Waals surface area (Å²) in [6.07, 6.45) is 0. The van der Waals surface area contributed by atoms with Crippen LogP contribution in [0.4, 0.5) is 0 Å². The van der Waals surface area contributed by atoms with E-state index < -0.39 is 0 Å². The van der Waals surface area contributed by atoms with Crippen LogP contribution < -0.4 is 4.74 Å². The van der Waals surface area contributed by atoms with Gasteiger partial charge in [0.25, 0.3) is 0 Å². The Kier molecular flexibility index (Phi) is 3.01. The molecule has 0 N–H and O–H groups in total. The largest absolute Gasteiger partial charge is 0.632 e. The summed E-state index contributed by atoms with van der Waals surface area (Å²) in [6, 6.07) is 17.6. The zero-order chi connectivity index (χ0) is 13.3. The predicted octanol–water partition coefficient (Wildman–Crippen LogP) is 3.11. The predicted molar refractivity (Wildman–Crippen MR) is 74.6 cm³/mol. The Labute approximate surface area is 113 Å². The van der Waals surface area contributed by atoms with E-state index >= 15 is 0 Å². The SMILES string of the molecule is C[N+]1([O-])CCOc2ccccc2[C@@H]1c1ccccc1. The maximum atomic E-state index is 12.9. The molecule has 0 radical (unpaired) electrons. The number of nitrogens with zero attached hydrogens (tertiary/aromatic N) is 1. The van der Waals surface area contributed by atoms with Gasteiger partial charge in [0.05, 0.1) is 12.6 Å². The molecule has 1 heterocycles. The molecule has 3 rings (SSSR count). The highest BCUT2D eigenvalue weighted by atomic mass is 16.6. The van der Waals surface area contributed by atoms with Crippen LogP contribution in [0.1, 0.15) is 17.2 Å². The fourth-order valence-electron chi connectivity index (χ4n) is 2.73. The molecular weight excluding hydrogens is 238 g/mol. The minimum Gasteiger partial charge on any atom is -0.632 e. The lowest BCUT2D eigenvalue weighted by molar-refractivity contribution is -0.885. The van der Waals surface area contributed by atoms with E-state index in [1.165, 1.54) is 0 Å². The van der Waals surface area contributed by atoms with Crippen molar-refractivity contribution in [3.8, 4) is 5.75 Å². The van der Waals surface area contributed by atoms with Crippen LogP contribution in [-0.4, -0.2) is 24.8 Å². The van der Waals surface area contributed by atoms with Crippen LogP contribution in [0.25, 0.3) is 0 Å². The molecule has 0 saturated carbocycles. The molecular formula is C16H17NO2. The first-order chi connectivity index (χ1) is 9.18. The van der Waals surface area contributed by atoms with Crippen molar-refractivity contribution in [3.05, 3.63) is 70.9 Å². The van der Waals surface area contributed by atoms with Crippen molar-refractivity contribution in [2.24, 2.45) is 0 Å². The number of hydroxylamine groups is 3. The zero-order valence-corrected chi connectivity index (χ0v) is 11.0. The van der Waals surface area contributed by atoms with Gasteiger partial charge < -0.3 is 14.6 Å². The molecule has 0 saturated heterocycles. The summed E-state index contributed by atoms with van der Waals surface area (Å²) >= 11 is 0. The third-order valence-corrected chi connectivity index (χ3v) is 3.67. The molecule has 2 aromatic rings. The highest BCUT2D eigenvalue weighted by Gasteiger charge is 2.33. The molecule has 1 aliphatic heterocycles. The second-order valence-corrected chi connectivity index (χ2v) is 5.10. The highest BCUT2D eigenvalue weighted by Crippen LogP contribution is 2.39. The van der Waals surface area contributed by atoms with Crippen molar-refractivity contribution in [1.82, 2.24) is 0 Å². The van der Waals surface area contributed by atoms with E-state index in [2.05, 4.69) is 0 Å². The van der Waals surface area contributed by atoms with Gasteiger partial charge in [-0.1, -0.05) is 42.5 Å². The first-order valence-electron chi connectivity index (χ1n) is 6.51. The van der Waals surface area contributed by atoms with E-state index in [1.54, 1.807) is 7.05 Å². The van der Waals surface area contributed by atoms with Gasteiger partial charge in [0.15, 0.2) is 0 Å². The lowest BCUT2D eigenvalue weighted by atomic mass is 9.96. The summed E-state index contributed by atoms with van der Waals surface area (Å²) in [5.74, 6) is 0.828. The lowest BCUT2D eigenvalue weighted by Crippen LogP contribution is -2.43. The van der Waals surface area contributed by atoms with E-state index in [4.69, 9.17) is 4.74 Å². The van der Waals surface area contributed by atoms with Crippen molar-refractivity contribution in [3.63, 3.8) is 0 Å². The van der Waals surface area contributed by atoms with Gasteiger partial charge >= 0.3 is 0 Å². The molecule has 0 aliphatic carbocycles. The number of benzene rings is 2. The lowest BCUT2D eigenvalue weighted by Gasteiger charge is -2.44. The summed E-state index contributed by atoms with van der Waals surface area (Å²) < 4.78 is 5.39. The van der Waals surface area contributed by atoms with Gasteiger partial charge in [0, 0.05) is 5.56 Å². The third-order valence-electron chi connectivity index (χ3n) is 3.67. The van der Waals surface area contributed by atoms with Gasteiger partial charge in [0.1, 0.15) is 24.9 Å². The van der Waals surface area contributed by atoms with Gasteiger partial charge in [-0.05, 0) is 12.1 Å². The van der Waals surface area contributed by atoms with E-state index in [9.17, 15) is 5.21 Å². The van der Waals surface area contributed by atoms with Crippen LogP contribution in [0.15, 0.2) is 54.6 Å². The standard InChI is InChI=1S/C16H17NO2/c1-17(18)11-12-19-15-10-6-5-9-14(15)16(17)13-7-3-2-4-8-13/h2-10,16H,11-12H2,1H3/t16-,17?/m0/s1. The van der Waals surface area contributed by atoms with Crippen LogP contribution in [-0.2, 0) is 0 Å². The van der Waals surface area contributed by atoms with Gasteiger partial charge in [-0.25, -0.2) is 0 Å². The Morgan fingerprint density at radius 3 is 2.53 bits per heavy atom. The molecule has 19 heavy (non-hydrogen) atoms. The van der Waals surface area contributed by atoms with Gasteiger partial charge in [-0.3, -0.25) is 0 Å². The first-order valence-corrected chi connectivity index (χ1v) is 6.51. The summed E-state index contributed by atoms with van der Waals surface area (Å²) in [5, 5.41) is 12.9. The Hall–Kier alpha value is -1.84. The average molecular weight is 255 g/mol. The van der Waals surface area contributed by atoms with Crippen molar-refractivity contribution in [2.45, 2.75) is 6.04 Å². The van der Waals surface area contributed by atoms with Gasteiger partial charge in [-0.2, -0.15) is 0 Å². The molecule has 1 unspecified atom stereocenters. The number of quaternary nitrogens is 1. The Morgan fingerprint density at radius 1 is 1.05 bits per heavy atom. The van der Waals surface area contributed by atoms with Crippen LogP contribution in [0, 0.1) is 5.21 Å². The topological polar surface area (TPSA) is 32.3 Å². The quantitative estimate of drug-likeness (QED) is 0.579. The Balaban J connectivity index is 2.17. The molecule has 0 aromatic heterocycles. The van der Waals surface area contributed by atoms with Crippen LogP contribution in [0.5, 0.6) is 5.75 Å². The van der Waals surface area contributed by atoms with E-state index in [0.717, 1.165) is 16.9 Å². The van der Waals surface area contributed by atoms with Gasteiger partial charge in [-0.15, -0.1) is 0 Å². The molecule has 3 nitrogen and oxygen atoms in total. The summed E-state index contributed by atoms with van der Waals surface area (Å²) in [4.78, 5) is 0. The monoisotopic (exact) mass is 255 g/mol. The number of hydrogen-bond acceptors (Lipinski definition) is 2. The second kappa shape index (κ2) is 4.68. The molecule has 2 atom stereocenters. The number of ether oxygens (including phenoxy) is 1. The molecule has 0 spiro atoms. The number of hydrogen-bond donors (Lipinski definition) is 0. The second-order valence-electron chi connectivity index (χ2n) is 5.10. The van der Waals surface area contributed by atoms with Crippen molar-refractivity contribution < 1.29 is 9.38 Å². The highest BCUT2D eigenvalue weighted by molar-refractivity contribution is 5.41. The molecule has 3 heteroatoms. The van der Waals surface area contributed by atoms with E-state index in [0.29, 0.717) is 13.2 Å². The normalized spacial score (nSPS) is 26.1. The molecule has 0 bridgehead atoms. The van der Waals surface area contributed by atoms with Crippen LogP contribution in [0.2, 0.25) is 0 Å². The maximum absolute atomic E-state index is 12.9. The van der Waals surface area contributed by atoms with E-state index in [-0.39, 0.29) is 10.7 Å². The Morgan fingerprint density at radius 2 is 1.74 bits per heavy atom. The first kappa shape index (κ1) is 12.2. The number of rotatable bonds is 1. The molecule has 98 valence electrons. The number of likely N-dealkylation sites (N-methyl/N-ethyl adjacent to an activating group) is 1. The smallest absolute Gasteiger partial charge is 0.144 e. The van der Waals surface area contributed by atoms with Crippen molar-refractivity contribution in [2.75, 3.05) is 20.2 Å². The van der Waals surface area contributed by atoms with E-state index in [1.807, 2.05) is 54.6 Å². The summed E-state index contributed by atoms with van der Waals surface area (Å²) in [5.41, 5.74) is 2.02. The fraction of sp³-hybridized carbons (Fsp3) is 0.250. The molecule has 0 amide bonds. The number of para-hydroxylation sites is 1. The van der Waals surface area contributed by atoms with Gasteiger partial charge in [0.2, 0.25) is 0 Å². The minimum atomic E-state index is -0.332. The summed E-state index contributed by atoms with van der Waals surface area (Å²) in [6.45, 7) is 0.911. The zero-order valence-electron chi connectivity index (χ0n) is 11.0.